The van der Waals surface area contributed by atoms with Gasteiger partial charge in [-0.05, 0) is 28.9 Å². The molecule has 7 rings (SSSR count). The zero-order valence-corrected chi connectivity index (χ0v) is 26.1. The van der Waals surface area contributed by atoms with Gasteiger partial charge in [0.1, 0.15) is 11.2 Å². The lowest BCUT2D eigenvalue weighted by molar-refractivity contribution is 0.103. The number of aromatic nitrogens is 7. The number of thiocarbonyl (C=S) groups is 1. The molecule has 3 aromatic carbocycles. The maximum atomic E-state index is 8.09. The topological polar surface area (TPSA) is 120 Å². The van der Waals surface area contributed by atoms with Crippen molar-refractivity contribution >= 4 is 28.5 Å². The zero-order chi connectivity index (χ0) is 31.3. The van der Waals surface area contributed by atoms with Gasteiger partial charge in [0.05, 0.1) is 37.5 Å². The van der Waals surface area contributed by atoms with E-state index >= 15 is 0 Å². The Bertz CT molecular complexity index is 1950. The Balaban J connectivity index is 1.16. The summed E-state index contributed by atoms with van der Waals surface area (Å²) in [5.74, 6) is 0. The maximum Gasteiger partial charge on any atom is 0.173 e. The fraction of sp³-hybridized carbons (Fsp3) is 0.235. The molecule has 1 aliphatic rings. The molecule has 0 bridgehead atoms. The number of imidazole rings is 1. The van der Waals surface area contributed by atoms with E-state index in [9.17, 15) is 0 Å². The van der Waals surface area contributed by atoms with Crippen LogP contribution in [0.2, 0.25) is 0 Å². The third-order valence-corrected chi connectivity index (χ3v) is 8.89. The number of hydrogen-bond acceptors (Lipinski definition) is 7. The minimum absolute atomic E-state index is 0.00103. The van der Waals surface area contributed by atoms with Gasteiger partial charge in [-0.1, -0.05) is 96.2 Å². The van der Waals surface area contributed by atoms with Gasteiger partial charge in [0.2, 0.25) is 0 Å². The highest BCUT2D eigenvalue weighted by molar-refractivity contribution is 7.80. The van der Waals surface area contributed by atoms with Crippen LogP contribution >= 0.6 is 12.2 Å². The van der Waals surface area contributed by atoms with Gasteiger partial charge in [-0.15, -0.1) is 5.10 Å². The normalized spacial score (nSPS) is 15.1. The van der Waals surface area contributed by atoms with Crippen molar-refractivity contribution in [3.05, 3.63) is 138 Å². The van der Waals surface area contributed by atoms with E-state index in [1.165, 1.54) is 11.1 Å². The van der Waals surface area contributed by atoms with Crippen LogP contribution in [0.3, 0.4) is 0 Å². The molecule has 0 saturated carbocycles. The van der Waals surface area contributed by atoms with Crippen LogP contribution in [-0.4, -0.2) is 75.6 Å². The van der Waals surface area contributed by atoms with E-state index in [0.29, 0.717) is 24.3 Å². The molecule has 11 nitrogen and oxygen atoms in total. The van der Waals surface area contributed by atoms with Gasteiger partial charge in [0.15, 0.2) is 16.2 Å². The van der Waals surface area contributed by atoms with Crippen molar-refractivity contribution in [3.8, 4) is 0 Å². The minimum atomic E-state index is -0.135. The zero-order valence-electron chi connectivity index (χ0n) is 25.3. The van der Waals surface area contributed by atoms with Crippen LogP contribution < -0.4 is 10.8 Å². The second-order valence-corrected chi connectivity index (χ2v) is 11.8. The molecule has 1 aliphatic heterocycles. The van der Waals surface area contributed by atoms with E-state index in [0.717, 1.165) is 42.5 Å². The van der Waals surface area contributed by atoms with E-state index in [2.05, 4.69) is 102 Å². The van der Waals surface area contributed by atoms with E-state index < -0.39 is 0 Å². The van der Waals surface area contributed by atoms with Gasteiger partial charge in [-0.25, -0.2) is 14.6 Å². The molecule has 6 aromatic rings. The SMILES string of the molecule is N=c1ncn(Cc2cn([C@H](c3ccccc3)[C@H](c3ccccc3)N3CCN(C(=S)NCc4ccccc4)CC3)nn2)c2nc[nH]c12. The van der Waals surface area contributed by atoms with Crippen molar-refractivity contribution in [1.82, 2.24) is 49.6 Å². The van der Waals surface area contributed by atoms with Gasteiger partial charge in [-0.3, -0.25) is 10.3 Å². The van der Waals surface area contributed by atoms with Gasteiger partial charge in [0.25, 0.3) is 0 Å². The Morgan fingerprint density at radius 1 is 0.848 bits per heavy atom. The van der Waals surface area contributed by atoms with E-state index in [4.69, 9.17) is 22.8 Å². The van der Waals surface area contributed by atoms with Gasteiger partial charge < -0.3 is 19.8 Å². The minimum Gasteiger partial charge on any atom is -0.358 e. The number of nitrogens with one attached hydrogen (secondary N) is 3. The smallest absolute Gasteiger partial charge is 0.173 e. The molecule has 0 unspecified atom stereocenters. The number of benzene rings is 3. The fourth-order valence-electron chi connectivity index (χ4n) is 6.20. The number of rotatable bonds is 9. The predicted molar refractivity (Wildman–Crippen MR) is 180 cm³/mol. The lowest BCUT2D eigenvalue weighted by Gasteiger charge is -2.43. The van der Waals surface area contributed by atoms with E-state index in [1.54, 1.807) is 12.7 Å². The molecular formula is C34H35N11S. The Labute approximate surface area is 272 Å². The van der Waals surface area contributed by atoms with Crippen LogP contribution in [0.5, 0.6) is 0 Å². The second-order valence-electron chi connectivity index (χ2n) is 11.4. The highest BCUT2D eigenvalue weighted by atomic mass is 32.1. The molecule has 0 radical (unpaired) electrons. The summed E-state index contributed by atoms with van der Waals surface area (Å²) >= 11 is 5.81. The summed E-state index contributed by atoms with van der Waals surface area (Å²) < 4.78 is 3.88. The molecule has 1 saturated heterocycles. The third-order valence-electron chi connectivity index (χ3n) is 8.49. The van der Waals surface area contributed by atoms with Crippen LogP contribution in [0, 0.1) is 5.41 Å². The van der Waals surface area contributed by atoms with Crippen molar-refractivity contribution in [3.63, 3.8) is 0 Å². The van der Waals surface area contributed by atoms with Gasteiger partial charge in [-0.2, -0.15) is 0 Å². The predicted octanol–water partition coefficient (Wildman–Crippen LogP) is 3.90. The molecule has 3 aromatic heterocycles. The Hall–Kier alpha value is -5.20. The number of fused-ring (bicyclic) bond motifs is 1. The molecule has 3 N–H and O–H groups in total. The number of piperazine rings is 1. The monoisotopic (exact) mass is 629 g/mol. The molecular weight excluding hydrogens is 595 g/mol. The van der Waals surface area contributed by atoms with Crippen molar-refractivity contribution in [1.29, 1.82) is 5.41 Å². The summed E-state index contributed by atoms with van der Waals surface area (Å²) in [5.41, 5.74) is 5.77. The van der Waals surface area contributed by atoms with Gasteiger partial charge in [0, 0.05) is 32.7 Å². The highest BCUT2D eigenvalue weighted by Gasteiger charge is 2.35. The molecule has 1 fully saturated rings. The van der Waals surface area contributed by atoms with Crippen molar-refractivity contribution < 1.29 is 0 Å². The van der Waals surface area contributed by atoms with Crippen LogP contribution in [0.25, 0.3) is 11.2 Å². The summed E-state index contributed by atoms with van der Waals surface area (Å²) in [7, 11) is 0. The molecule has 0 amide bonds. The summed E-state index contributed by atoms with van der Waals surface area (Å²) in [5, 5.41) is 21.6. The highest BCUT2D eigenvalue weighted by Crippen LogP contribution is 2.37. The van der Waals surface area contributed by atoms with E-state index in [-0.39, 0.29) is 17.6 Å². The first-order chi connectivity index (χ1) is 22.6. The lowest BCUT2D eigenvalue weighted by Crippen LogP contribution is -2.53. The fourth-order valence-corrected chi connectivity index (χ4v) is 6.45. The van der Waals surface area contributed by atoms with Crippen molar-refractivity contribution in [2.24, 2.45) is 0 Å². The van der Waals surface area contributed by atoms with E-state index in [1.807, 2.05) is 39.7 Å². The summed E-state index contributed by atoms with van der Waals surface area (Å²) in [6, 6.07) is 31.4. The maximum absolute atomic E-state index is 8.09. The first kappa shape index (κ1) is 29.5. The summed E-state index contributed by atoms with van der Waals surface area (Å²) in [6.07, 6.45) is 5.23. The molecule has 12 heteroatoms. The average Bonchev–Trinajstić information content (AvgIpc) is 3.80. The average molecular weight is 630 g/mol. The largest absolute Gasteiger partial charge is 0.358 e. The van der Waals surface area contributed by atoms with Crippen LogP contribution in [-0.2, 0) is 13.1 Å². The number of H-pyrrole nitrogens is 1. The third kappa shape index (κ3) is 6.30. The second kappa shape index (κ2) is 13.4. The number of nitrogens with zero attached hydrogens (tertiary/aromatic N) is 8. The van der Waals surface area contributed by atoms with Crippen LogP contribution in [0.4, 0.5) is 0 Å². The standard InChI is InChI=1S/C34H35N11S/c35-32-29-33(38-23-37-29)44(24-39-32)21-28-22-45(41-40-28)31(27-14-8-3-9-15-27)30(26-12-6-2-7-13-26)42-16-18-43(19-17-42)34(46)36-20-25-10-4-1-5-11-25/h1-15,22-24,30-31,35H,16-21H2,(H,36,46)(H,37,38)/t30-,31+/m0/s1. The lowest BCUT2D eigenvalue weighted by atomic mass is 9.91. The van der Waals surface area contributed by atoms with Gasteiger partial charge >= 0.3 is 0 Å². The van der Waals surface area contributed by atoms with Crippen LogP contribution in [0.15, 0.2) is 110 Å². The molecule has 0 spiro atoms. The number of aromatic amines is 1. The van der Waals surface area contributed by atoms with Crippen molar-refractivity contribution in [2.45, 2.75) is 25.2 Å². The van der Waals surface area contributed by atoms with Crippen molar-refractivity contribution in [2.75, 3.05) is 26.2 Å². The molecule has 2 atom stereocenters. The molecule has 232 valence electrons. The Kier molecular flexibility index (Phi) is 8.61. The first-order valence-electron chi connectivity index (χ1n) is 15.4. The Morgan fingerprint density at radius 3 is 2.20 bits per heavy atom. The molecule has 46 heavy (non-hydrogen) atoms. The molecule has 0 aliphatic carbocycles. The quantitative estimate of drug-likeness (QED) is 0.206. The molecule has 4 heterocycles. The summed E-state index contributed by atoms with van der Waals surface area (Å²) in [4.78, 5) is 16.4. The number of hydrogen-bond donors (Lipinski definition) is 3. The summed E-state index contributed by atoms with van der Waals surface area (Å²) in [6.45, 7) is 4.47. The Morgan fingerprint density at radius 2 is 1.50 bits per heavy atom. The first-order valence-corrected chi connectivity index (χ1v) is 15.8. The van der Waals surface area contributed by atoms with Crippen LogP contribution in [0.1, 0.15) is 34.5 Å².